The van der Waals surface area contributed by atoms with E-state index in [1.54, 1.807) is 0 Å². The summed E-state index contributed by atoms with van der Waals surface area (Å²) in [6.45, 7) is 11.1. The van der Waals surface area contributed by atoms with Crippen LogP contribution in [0.5, 0.6) is 0 Å². The van der Waals surface area contributed by atoms with Crippen LogP contribution < -0.4 is 0 Å². The number of hydrogen-bond acceptors (Lipinski definition) is 2. The van der Waals surface area contributed by atoms with Crippen molar-refractivity contribution in [3.8, 4) is 0 Å². The molecule has 0 aliphatic heterocycles. The van der Waals surface area contributed by atoms with Crippen molar-refractivity contribution in [2.75, 3.05) is 25.4 Å². The van der Waals surface area contributed by atoms with Crippen LogP contribution in [0.4, 0.5) is 0 Å². The summed E-state index contributed by atoms with van der Waals surface area (Å²) >= 11 is 4.57. The SMILES string of the molecule is CC(C)(C)C(CS)CN(CC1CC1)CC1CC1. The Balaban J connectivity index is 1.84. The molecule has 100 valence electrons. The van der Waals surface area contributed by atoms with E-state index in [1.807, 2.05) is 0 Å². The van der Waals surface area contributed by atoms with Gasteiger partial charge in [-0.2, -0.15) is 12.6 Å². The van der Waals surface area contributed by atoms with Gasteiger partial charge in [0.15, 0.2) is 0 Å². The highest BCUT2D eigenvalue weighted by molar-refractivity contribution is 7.80. The molecule has 2 saturated carbocycles. The molecule has 2 aliphatic carbocycles. The van der Waals surface area contributed by atoms with E-state index < -0.39 is 0 Å². The zero-order valence-electron chi connectivity index (χ0n) is 11.8. The zero-order valence-corrected chi connectivity index (χ0v) is 12.7. The highest BCUT2D eigenvalue weighted by Crippen LogP contribution is 2.35. The predicted octanol–water partition coefficient (Wildman–Crippen LogP) is 3.70. The average Bonchev–Trinajstić information content (AvgIpc) is 3.06. The first-order valence-corrected chi connectivity index (χ1v) is 7.95. The first-order valence-electron chi connectivity index (χ1n) is 7.32. The topological polar surface area (TPSA) is 3.24 Å². The molecule has 0 amide bonds. The minimum absolute atomic E-state index is 0.396. The third kappa shape index (κ3) is 4.82. The minimum Gasteiger partial charge on any atom is -0.302 e. The van der Waals surface area contributed by atoms with Crippen molar-refractivity contribution in [2.45, 2.75) is 46.5 Å². The molecule has 17 heavy (non-hydrogen) atoms. The molecular formula is C15H29NS. The average molecular weight is 255 g/mol. The largest absolute Gasteiger partial charge is 0.302 e. The molecular weight excluding hydrogens is 226 g/mol. The monoisotopic (exact) mass is 255 g/mol. The molecule has 1 atom stereocenters. The molecule has 0 radical (unpaired) electrons. The molecule has 0 aromatic carbocycles. The fourth-order valence-corrected chi connectivity index (χ4v) is 3.14. The van der Waals surface area contributed by atoms with Crippen LogP contribution in [0.3, 0.4) is 0 Å². The highest BCUT2D eigenvalue weighted by Gasteiger charge is 2.32. The molecule has 0 N–H and O–H groups in total. The molecule has 0 aromatic heterocycles. The summed E-state index contributed by atoms with van der Waals surface area (Å²) in [4.78, 5) is 2.75. The zero-order chi connectivity index (χ0) is 12.5. The van der Waals surface area contributed by atoms with Gasteiger partial charge in [-0.1, -0.05) is 20.8 Å². The minimum atomic E-state index is 0.396. The first-order chi connectivity index (χ1) is 7.99. The van der Waals surface area contributed by atoms with Gasteiger partial charge in [0.1, 0.15) is 0 Å². The van der Waals surface area contributed by atoms with E-state index in [0.717, 1.165) is 23.5 Å². The van der Waals surface area contributed by atoms with Gasteiger partial charge in [0.2, 0.25) is 0 Å². The number of rotatable bonds is 7. The lowest BCUT2D eigenvalue weighted by atomic mass is 9.81. The van der Waals surface area contributed by atoms with Crippen LogP contribution in [0.1, 0.15) is 46.5 Å². The van der Waals surface area contributed by atoms with Gasteiger partial charge in [-0.15, -0.1) is 0 Å². The van der Waals surface area contributed by atoms with Gasteiger partial charge in [0.05, 0.1) is 0 Å². The van der Waals surface area contributed by atoms with E-state index in [0.29, 0.717) is 5.41 Å². The van der Waals surface area contributed by atoms with E-state index in [1.165, 1.54) is 45.3 Å². The lowest BCUT2D eigenvalue weighted by Crippen LogP contribution is -2.38. The molecule has 0 spiro atoms. The first kappa shape index (κ1) is 13.7. The molecule has 2 rings (SSSR count). The van der Waals surface area contributed by atoms with Crippen molar-refractivity contribution in [3.63, 3.8) is 0 Å². The Morgan fingerprint density at radius 1 is 1.06 bits per heavy atom. The fourth-order valence-electron chi connectivity index (χ4n) is 2.47. The van der Waals surface area contributed by atoms with Gasteiger partial charge in [-0.3, -0.25) is 0 Å². The van der Waals surface area contributed by atoms with Crippen LogP contribution in [0.25, 0.3) is 0 Å². The normalized spacial score (nSPS) is 23.1. The van der Waals surface area contributed by atoms with Gasteiger partial charge >= 0.3 is 0 Å². The van der Waals surface area contributed by atoms with Crippen molar-refractivity contribution in [1.29, 1.82) is 0 Å². The highest BCUT2D eigenvalue weighted by atomic mass is 32.1. The molecule has 0 saturated heterocycles. The maximum absolute atomic E-state index is 4.57. The molecule has 0 heterocycles. The van der Waals surface area contributed by atoms with Gasteiger partial charge < -0.3 is 4.90 Å². The molecule has 2 heteroatoms. The lowest BCUT2D eigenvalue weighted by molar-refractivity contribution is 0.155. The van der Waals surface area contributed by atoms with Crippen molar-refractivity contribution >= 4 is 12.6 Å². The standard InChI is InChI=1S/C15H29NS/c1-15(2,3)14(11-17)10-16(8-12-4-5-12)9-13-6-7-13/h12-14,17H,4-11H2,1-3H3. The van der Waals surface area contributed by atoms with Crippen LogP contribution in [-0.4, -0.2) is 30.3 Å². The van der Waals surface area contributed by atoms with E-state index >= 15 is 0 Å². The van der Waals surface area contributed by atoms with Crippen LogP contribution in [0, 0.1) is 23.2 Å². The Labute approximate surface area is 113 Å². The summed E-state index contributed by atoms with van der Waals surface area (Å²) in [6.07, 6.45) is 5.90. The summed E-state index contributed by atoms with van der Waals surface area (Å²) in [5.41, 5.74) is 0.396. The smallest absolute Gasteiger partial charge is 0.00227 e. The number of nitrogens with zero attached hydrogens (tertiary/aromatic N) is 1. The second-order valence-electron chi connectivity index (χ2n) is 7.35. The molecule has 1 nitrogen and oxygen atoms in total. The summed E-state index contributed by atoms with van der Waals surface area (Å²) in [7, 11) is 0. The maximum atomic E-state index is 4.57. The van der Waals surface area contributed by atoms with Gasteiger partial charge in [-0.25, -0.2) is 0 Å². The molecule has 1 unspecified atom stereocenters. The maximum Gasteiger partial charge on any atom is 0.00227 e. The van der Waals surface area contributed by atoms with Crippen LogP contribution >= 0.6 is 12.6 Å². The summed E-state index contributed by atoms with van der Waals surface area (Å²) < 4.78 is 0. The van der Waals surface area contributed by atoms with Crippen LogP contribution in [0.2, 0.25) is 0 Å². The molecule has 2 aliphatic rings. The lowest BCUT2D eigenvalue weighted by Gasteiger charge is -2.35. The second-order valence-corrected chi connectivity index (χ2v) is 7.72. The summed E-state index contributed by atoms with van der Waals surface area (Å²) in [5, 5.41) is 0. The second kappa shape index (κ2) is 5.52. The van der Waals surface area contributed by atoms with Gasteiger partial charge in [0, 0.05) is 19.6 Å². The fraction of sp³-hybridized carbons (Fsp3) is 1.00. The molecule has 0 bridgehead atoms. The number of hydrogen-bond donors (Lipinski definition) is 1. The van der Waals surface area contributed by atoms with Crippen LogP contribution in [-0.2, 0) is 0 Å². The molecule has 2 fully saturated rings. The van der Waals surface area contributed by atoms with E-state index in [9.17, 15) is 0 Å². The van der Waals surface area contributed by atoms with Crippen molar-refractivity contribution in [1.82, 2.24) is 4.90 Å². The Hall–Kier alpha value is 0.310. The van der Waals surface area contributed by atoms with Gasteiger partial charge in [0.25, 0.3) is 0 Å². The van der Waals surface area contributed by atoms with E-state index in [2.05, 4.69) is 38.3 Å². The van der Waals surface area contributed by atoms with E-state index in [4.69, 9.17) is 0 Å². The van der Waals surface area contributed by atoms with Gasteiger partial charge in [-0.05, 0) is 54.6 Å². The third-order valence-corrected chi connectivity index (χ3v) is 4.79. The third-order valence-electron chi connectivity index (χ3n) is 4.35. The Bertz CT molecular complexity index is 224. The van der Waals surface area contributed by atoms with Crippen molar-refractivity contribution < 1.29 is 0 Å². The quantitative estimate of drug-likeness (QED) is 0.679. The number of thiol groups is 1. The van der Waals surface area contributed by atoms with Crippen molar-refractivity contribution in [3.05, 3.63) is 0 Å². The van der Waals surface area contributed by atoms with Crippen molar-refractivity contribution in [2.24, 2.45) is 23.2 Å². The predicted molar refractivity (Wildman–Crippen MR) is 78.7 cm³/mol. The Kier molecular flexibility index (Phi) is 4.46. The van der Waals surface area contributed by atoms with Crippen LogP contribution in [0.15, 0.2) is 0 Å². The summed E-state index contributed by atoms with van der Waals surface area (Å²) in [5.74, 6) is 3.79. The Morgan fingerprint density at radius 2 is 1.53 bits per heavy atom. The summed E-state index contributed by atoms with van der Waals surface area (Å²) in [6, 6.07) is 0. The van der Waals surface area contributed by atoms with E-state index in [-0.39, 0.29) is 0 Å². The molecule has 0 aromatic rings. The Morgan fingerprint density at radius 3 is 1.82 bits per heavy atom.